The monoisotopic (exact) mass is 946 g/mol. The van der Waals surface area contributed by atoms with Crippen LogP contribution >= 0.6 is 0 Å². The van der Waals surface area contributed by atoms with Gasteiger partial charge in [-0.05, 0) is 169 Å². The van der Waals surface area contributed by atoms with Crippen LogP contribution in [0.1, 0.15) is 111 Å². The first kappa shape index (κ1) is 46.5. The normalized spacial score (nSPS) is 13.7. The highest BCUT2D eigenvalue weighted by atomic mass is 15.2. The van der Waals surface area contributed by atoms with Crippen molar-refractivity contribution < 1.29 is 0 Å². The topological polar surface area (TPSA) is 30.3 Å². The van der Waals surface area contributed by atoms with Crippen LogP contribution < -0.4 is 26.2 Å². The molecule has 0 spiro atoms. The molecule has 2 aliphatic rings. The molecule has 0 saturated heterocycles. The Kier molecular flexibility index (Phi) is 10.3. The molecule has 0 atom stereocenters. The molecule has 0 amide bonds. The second-order valence-corrected chi connectivity index (χ2v) is 25.1. The lowest BCUT2D eigenvalue weighted by Gasteiger charge is -2.45. The second-order valence-electron chi connectivity index (χ2n) is 25.1. The van der Waals surface area contributed by atoms with Crippen molar-refractivity contribution in [3.8, 4) is 17.2 Å². The Hall–Kier alpha value is -7.61. The van der Waals surface area contributed by atoms with Gasteiger partial charge in [0.05, 0.1) is 11.6 Å². The van der Waals surface area contributed by atoms with Gasteiger partial charge in [0.15, 0.2) is 0 Å². The maximum Gasteiger partial charge on any atom is 0.252 e. The van der Waals surface area contributed by atoms with Gasteiger partial charge in [-0.15, -0.1) is 0 Å². The van der Waals surface area contributed by atoms with Crippen LogP contribution in [-0.4, -0.2) is 6.71 Å². The molecule has 0 radical (unpaired) electrons. The van der Waals surface area contributed by atoms with E-state index < -0.39 is 0 Å². The van der Waals surface area contributed by atoms with E-state index in [1.165, 1.54) is 93.1 Å². The number of fused-ring (bicyclic) bond motifs is 10. The van der Waals surface area contributed by atoms with Crippen molar-refractivity contribution in [3.63, 3.8) is 0 Å². The van der Waals surface area contributed by atoms with Gasteiger partial charge in [0, 0.05) is 34.1 Å². The summed E-state index contributed by atoms with van der Waals surface area (Å²) in [6.45, 7) is 27.9. The van der Waals surface area contributed by atoms with Gasteiger partial charge in [0.1, 0.15) is 0 Å². The van der Waals surface area contributed by atoms with E-state index >= 15 is 0 Å². The Labute approximate surface area is 432 Å². The molecular formula is C69H64BN3. The van der Waals surface area contributed by atoms with Crippen LogP contribution in [0.2, 0.25) is 0 Å². The smallest absolute Gasteiger partial charge is 0.252 e. The van der Waals surface area contributed by atoms with Crippen LogP contribution in [0.4, 0.5) is 34.1 Å². The number of anilines is 6. The third-order valence-corrected chi connectivity index (χ3v) is 16.0. The molecule has 0 bridgehead atoms. The molecule has 2 heterocycles. The van der Waals surface area contributed by atoms with Crippen LogP contribution in [0.25, 0.3) is 54.2 Å². The van der Waals surface area contributed by atoms with Crippen molar-refractivity contribution in [3.05, 3.63) is 198 Å². The lowest BCUT2D eigenvalue weighted by molar-refractivity contribution is 0.568. The van der Waals surface area contributed by atoms with Crippen molar-refractivity contribution in [2.75, 3.05) is 9.80 Å². The number of hydrogen-bond acceptors (Lipinski definition) is 3. The fourth-order valence-corrected chi connectivity index (χ4v) is 11.8. The fraction of sp³-hybridized carbons (Fsp3) is 0.232. The van der Waals surface area contributed by atoms with Crippen LogP contribution in [0, 0.1) is 11.3 Å². The number of hydrogen-bond donors (Lipinski definition) is 0. The zero-order valence-electron chi connectivity index (χ0n) is 44.6. The Morgan fingerprint density at radius 2 is 0.753 bits per heavy atom. The first-order valence-corrected chi connectivity index (χ1v) is 26.2. The molecule has 73 heavy (non-hydrogen) atoms. The first-order chi connectivity index (χ1) is 34.7. The summed E-state index contributed by atoms with van der Waals surface area (Å²) in [5, 5.41) is 20.7. The maximum atomic E-state index is 10.8. The Bertz CT molecular complexity index is 3700. The molecule has 12 rings (SSSR count). The molecule has 0 aliphatic carbocycles. The summed E-state index contributed by atoms with van der Waals surface area (Å²) in [6, 6.07) is 67.1. The maximum absolute atomic E-state index is 10.8. The molecular weight excluding hydrogens is 882 g/mol. The van der Waals surface area contributed by atoms with Gasteiger partial charge in [0.25, 0.3) is 6.71 Å². The molecule has 0 aromatic heterocycles. The third-order valence-electron chi connectivity index (χ3n) is 16.0. The van der Waals surface area contributed by atoms with E-state index in [0.29, 0.717) is 5.56 Å². The SMILES string of the molecule is CC(C)(C)c1cc(N2c3cc4c(ccc5ccccc54)cc3B3c4cc5ccc6ccccc6c5cc4N(c4cc(C(C)(C)C)cc(C(C)(C)C)c4)c4cc(-c5ccccc5C#N)cc2c43)cc(C(C)(C)C)c1. The molecule has 3 nitrogen and oxygen atoms in total. The average molecular weight is 946 g/mol. The summed E-state index contributed by atoms with van der Waals surface area (Å²) in [4.78, 5) is 5.19. The highest BCUT2D eigenvalue weighted by molar-refractivity contribution is 7.00. The molecule has 358 valence electrons. The van der Waals surface area contributed by atoms with Gasteiger partial charge < -0.3 is 9.80 Å². The zero-order valence-corrected chi connectivity index (χ0v) is 44.6. The zero-order chi connectivity index (χ0) is 51.1. The molecule has 2 aliphatic heterocycles. The summed E-state index contributed by atoms with van der Waals surface area (Å²) in [5.41, 5.74) is 18.0. The highest BCUT2D eigenvalue weighted by Crippen LogP contribution is 2.50. The van der Waals surface area contributed by atoms with E-state index in [-0.39, 0.29) is 28.4 Å². The fourth-order valence-electron chi connectivity index (χ4n) is 11.8. The number of rotatable bonds is 3. The standard InChI is InChI=1S/C69H64BN3/c1-66(2,3)48-33-49(67(4,5)6)36-52(35-48)72-61-39-57-44(27-25-42-19-13-17-23-55(42)57)29-59(61)70-60-30-45-28-26-43-20-14-18-24-56(43)58(45)40-62(60)73(53-37-50(68(7,8)9)34-51(38-53)69(10,11)12)64-32-47(31-63(72)65(64)70)54-22-16-15-21-46(54)41-71/h13-40H,1-12H3. The summed E-state index contributed by atoms with van der Waals surface area (Å²) in [7, 11) is 0. The van der Waals surface area contributed by atoms with Crippen molar-refractivity contribution in [2.24, 2.45) is 0 Å². The molecule has 10 aromatic rings. The minimum atomic E-state index is -0.129. The van der Waals surface area contributed by atoms with Crippen molar-refractivity contribution in [1.29, 1.82) is 5.26 Å². The Balaban J connectivity index is 1.30. The third kappa shape index (κ3) is 7.62. The van der Waals surface area contributed by atoms with E-state index in [4.69, 9.17) is 0 Å². The molecule has 10 aromatic carbocycles. The van der Waals surface area contributed by atoms with Crippen LogP contribution in [-0.2, 0) is 21.7 Å². The minimum absolute atomic E-state index is 0.117. The number of nitriles is 1. The van der Waals surface area contributed by atoms with Gasteiger partial charge in [-0.3, -0.25) is 0 Å². The first-order valence-electron chi connectivity index (χ1n) is 26.2. The predicted octanol–water partition coefficient (Wildman–Crippen LogP) is 17.1. The number of benzene rings is 10. The predicted molar refractivity (Wildman–Crippen MR) is 315 cm³/mol. The summed E-state index contributed by atoms with van der Waals surface area (Å²) in [6.07, 6.45) is 0. The van der Waals surface area contributed by atoms with Gasteiger partial charge in [-0.2, -0.15) is 5.26 Å². The summed E-state index contributed by atoms with van der Waals surface area (Å²) in [5.74, 6) is 0. The minimum Gasteiger partial charge on any atom is -0.311 e. The van der Waals surface area contributed by atoms with Crippen molar-refractivity contribution >= 4 is 100 Å². The number of nitrogens with zero attached hydrogens (tertiary/aromatic N) is 3. The lowest BCUT2D eigenvalue weighted by Crippen LogP contribution is -2.61. The van der Waals surface area contributed by atoms with Gasteiger partial charge >= 0.3 is 0 Å². The average Bonchev–Trinajstić information content (AvgIpc) is 3.36. The Morgan fingerprint density at radius 3 is 1.16 bits per heavy atom. The van der Waals surface area contributed by atoms with E-state index in [0.717, 1.165) is 33.9 Å². The summed E-state index contributed by atoms with van der Waals surface area (Å²) >= 11 is 0. The molecule has 0 unspecified atom stereocenters. The van der Waals surface area contributed by atoms with Crippen molar-refractivity contribution in [2.45, 2.75) is 105 Å². The second kappa shape index (κ2) is 16.2. The van der Waals surface area contributed by atoms with E-state index in [1.807, 2.05) is 12.1 Å². The van der Waals surface area contributed by atoms with Gasteiger partial charge in [0.2, 0.25) is 0 Å². The Morgan fingerprint density at radius 1 is 0.370 bits per heavy atom. The molecule has 0 saturated carbocycles. The van der Waals surface area contributed by atoms with E-state index in [2.05, 4.69) is 257 Å². The summed E-state index contributed by atoms with van der Waals surface area (Å²) < 4.78 is 0. The van der Waals surface area contributed by atoms with Crippen LogP contribution in [0.15, 0.2) is 170 Å². The van der Waals surface area contributed by atoms with Gasteiger partial charge in [-0.1, -0.05) is 198 Å². The highest BCUT2D eigenvalue weighted by Gasteiger charge is 2.45. The molecule has 0 N–H and O–H groups in total. The van der Waals surface area contributed by atoms with Crippen LogP contribution in [0.3, 0.4) is 0 Å². The quantitative estimate of drug-likeness (QED) is 0.131. The van der Waals surface area contributed by atoms with Crippen molar-refractivity contribution in [1.82, 2.24) is 0 Å². The molecule has 4 heteroatoms. The van der Waals surface area contributed by atoms with E-state index in [1.54, 1.807) is 0 Å². The lowest BCUT2D eigenvalue weighted by atomic mass is 9.33. The molecule has 0 fully saturated rings. The largest absolute Gasteiger partial charge is 0.311 e. The van der Waals surface area contributed by atoms with Gasteiger partial charge in [-0.25, -0.2) is 0 Å². The van der Waals surface area contributed by atoms with Crippen LogP contribution in [0.5, 0.6) is 0 Å². The van der Waals surface area contributed by atoms with E-state index in [9.17, 15) is 5.26 Å².